The lowest BCUT2D eigenvalue weighted by Crippen LogP contribution is -2.23. The van der Waals surface area contributed by atoms with Crippen LogP contribution in [0.5, 0.6) is 5.75 Å². The first-order valence-electron chi connectivity index (χ1n) is 6.19. The van der Waals surface area contributed by atoms with Crippen molar-refractivity contribution in [2.24, 2.45) is 5.41 Å². The van der Waals surface area contributed by atoms with Crippen molar-refractivity contribution in [1.82, 2.24) is 4.90 Å². The molecule has 1 aromatic carbocycles. The average Bonchev–Trinajstić information content (AvgIpc) is 2.37. The maximum Gasteiger partial charge on any atom is 0.118 e. The van der Waals surface area contributed by atoms with Gasteiger partial charge in [-0.2, -0.15) is 5.26 Å². The van der Waals surface area contributed by atoms with Gasteiger partial charge in [0.15, 0.2) is 0 Å². The smallest absolute Gasteiger partial charge is 0.118 e. The molecular formula is C15H22N2O. The summed E-state index contributed by atoms with van der Waals surface area (Å²) in [4.78, 5) is 2.24. The zero-order chi connectivity index (χ0) is 13.6. The van der Waals surface area contributed by atoms with Gasteiger partial charge >= 0.3 is 0 Å². The van der Waals surface area contributed by atoms with Crippen molar-refractivity contribution in [2.75, 3.05) is 20.7 Å². The highest BCUT2D eigenvalue weighted by atomic mass is 16.5. The first-order chi connectivity index (χ1) is 8.46. The molecule has 18 heavy (non-hydrogen) atoms. The summed E-state index contributed by atoms with van der Waals surface area (Å²) in [6.07, 6.45) is 0.885. The van der Waals surface area contributed by atoms with Crippen molar-refractivity contribution in [3.05, 3.63) is 29.8 Å². The Labute approximate surface area is 110 Å². The van der Waals surface area contributed by atoms with Gasteiger partial charge in [0.05, 0.1) is 18.6 Å². The van der Waals surface area contributed by atoms with E-state index >= 15 is 0 Å². The van der Waals surface area contributed by atoms with Gasteiger partial charge in [-0.3, -0.25) is 0 Å². The Balaban J connectivity index is 2.44. The lowest BCUT2D eigenvalue weighted by atomic mass is 9.91. The van der Waals surface area contributed by atoms with E-state index in [0.29, 0.717) is 0 Å². The summed E-state index contributed by atoms with van der Waals surface area (Å²) in [7, 11) is 3.75. The molecule has 0 aliphatic rings. The van der Waals surface area contributed by atoms with Gasteiger partial charge in [-0.15, -0.1) is 0 Å². The summed E-state index contributed by atoms with van der Waals surface area (Å²) in [5.41, 5.74) is 1.02. The maximum atomic E-state index is 8.97. The molecule has 0 aliphatic carbocycles. The van der Waals surface area contributed by atoms with E-state index < -0.39 is 0 Å². The molecule has 0 saturated heterocycles. The van der Waals surface area contributed by atoms with E-state index in [-0.39, 0.29) is 5.41 Å². The van der Waals surface area contributed by atoms with Crippen molar-refractivity contribution < 1.29 is 4.74 Å². The molecule has 0 heterocycles. The predicted octanol–water partition coefficient (Wildman–Crippen LogP) is 3.07. The van der Waals surface area contributed by atoms with Crippen LogP contribution >= 0.6 is 0 Å². The van der Waals surface area contributed by atoms with Gasteiger partial charge in [0.2, 0.25) is 0 Å². The summed E-state index contributed by atoms with van der Waals surface area (Å²) < 4.78 is 5.13. The number of hydrogen-bond donors (Lipinski definition) is 0. The number of hydrogen-bond acceptors (Lipinski definition) is 3. The highest BCUT2D eigenvalue weighted by Gasteiger charge is 2.16. The van der Waals surface area contributed by atoms with Crippen LogP contribution in [0.2, 0.25) is 0 Å². The summed E-state index contributed by atoms with van der Waals surface area (Å²) >= 11 is 0. The minimum Gasteiger partial charge on any atom is -0.497 e. The second-order valence-electron chi connectivity index (χ2n) is 5.33. The van der Waals surface area contributed by atoms with Gasteiger partial charge in [-0.25, -0.2) is 0 Å². The van der Waals surface area contributed by atoms with Crippen LogP contribution < -0.4 is 4.74 Å². The monoisotopic (exact) mass is 246 g/mol. The molecule has 0 aliphatic heterocycles. The zero-order valence-corrected chi connectivity index (χ0v) is 11.7. The molecule has 0 aromatic heterocycles. The number of nitriles is 1. The van der Waals surface area contributed by atoms with Gasteiger partial charge in [0, 0.05) is 6.54 Å². The fraction of sp³-hybridized carbons (Fsp3) is 0.533. The molecule has 0 radical (unpaired) electrons. The minimum absolute atomic E-state index is 0.242. The predicted molar refractivity (Wildman–Crippen MR) is 73.3 cm³/mol. The van der Waals surface area contributed by atoms with Crippen LogP contribution in [0.1, 0.15) is 25.8 Å². The molecule has 98 valence electrons. The topological polar surface area (TPSA) is 36.3 Å². The molecule has 3 nitrogen and oxygen atoms in total. The van der Waals surface area contributed by atoms with Crippen molar-refractivity contribution in [3.8, 4) is 11.8 Å². The van der Waals surface area contributed by atoms with E-state index in [0.717, 1.165) is 25.3 Å². The van der Waals surface area contributed by atoms with Crippen molar-refractivity contribution in [2.45, 2.75) is 26.8 Å². The molecule has 3 heteroatoms. The molecule has 0 unspecified atom stereocenters. The Hall–Kier alpha value is -1.53. The van der Waals surface area contributed by atoms with Gasteiger partial charge in [-0.05, 0) is 51.6 Å². The zero-order valence-electron chi connectivity index (χ0n) is 11.7. The Morgan fingerprint density at radius 3 is 2.39 bits per heavy atom. The van der Waals surface area contributed by atoms with Gasteiger partial charge in [0.1, 0.15) is 5.75 Å². The van der Waals surface area contributed by atoms with E-state index in [9.17, 15) is 0 Å². The van der Waals surface area contributed by atoms with Crippen molar-refractivity contribution >= 4 is 0 Å². The number of ether oxygens (including phenoxy) is 1. The van der Waals surface area contributed by atoms with Crippen molar-refractivity contribution in [3.63, 3.8) is 0 Å². The molecule has 1 rings (SSSR count). The first-order valence-corrected chi connectivity index (χ1v) is 6.19. The molecule has 0 fully saturated rings. The second-order valence-corrected chi connectivity index (χ2v) is 5.33. The standard InChI is InChI=1S/C15H22N2O/c1-15(2,12-16)9-10-17(3)11-13-5-7-14(18-4)8-6-13/h5-8H,9-11H2,1-4H3. The number of methoxy groups -OCH3 is 1. The molecule has 0 amide bonds. The fourth-order valence-corrected chi connectivity index (χ4v) is 1.65. The average molecular weight is 246 g/mol. The number of nitrogens with zero attached hydrogens (tertiary/aromatic N) is 2. The SMILES string of the molecule is COc1ccc(CN(C)CCC(C)(C)C#N)cc1. The van der Waals surface area contributed by atoms with E-state index in [2.05, 4.69) is 30.1 Å². The first kappa shape index (κ1) is 14.5. The van der Waals surface area contributed by atoms with Gasteiger partial charge in [0.25, 0.3) is 0 Å². The van der Waals surface area contributed by atoms with Crippen LogP contribution in [0.25, 0.3) is 0 Å². The largest absolute Gasteiger partial charge is 0.497 e. The minimum atomic E-state index is -0.242. The van der Waals surface area contributed by atoms with E-state index in [4.69, 9.17) is 10.00 Å². The maximum absolute atomic E-state index is 8.97. The van der Waals surface area contributed by atoms with Crippen molar-refractivity contribution in [1.29, 1.82) is 5.26 Å². The quantitative estimate of drug-likeness (QED) is 0.774. The summed E-state index contributed by atoms with van der Waals surface area (Å²) in [5, 5.41) is 8.97. The summed E-state index contributed by atoms with van der Waals surface area (Å²) in [6, 6.07) is 10.4. The van der Waals surface area contributed by atoms with Crippen LogP contribution in [-0.4, -0.2) is 25.6 Å². The normalized spacial score (nSPS) is 11.3. The fourth-order valence-electron chi connectivity index (χ4n) is 1.65. The molecule has 0 bridgehead atoms. The van der Waals surface area contributed by atoms with Crippen LogP contribution in [0, 0.1) is 16.7 Å². The number of rotatable bonds is 6. The third-order valence-corrected chi connectivity index (χ3v) is 3.03. The third-order valence-electron chi connectivity index (χ3n) is 3.03. The Morgan fingerprint density at radius 2 is 1.89 bits per heavy atom. The summed E-state index contributed by atoms with van der Waals surface area (Å²) in [5.74, 6) is 0.881. The van der Waals surface area contributed by atoms with Crippen LogP contribution in [0.4, 0.5) is 0 Å². The highest BCUT2D eigenvalue weighted by molar-refractivity contribution is 5.27. The van der Waals surface area contributed by atoms with Crippen LogP contribution in [0.15, 0.2) is 24.3 Å². The Morgan fingerprint density at radius 1 is 1.28 bits per heavy atom. The second kappa shape index (κ2) is 6.42. The lowest BCUT2D eigenvalue weighted by Gasteiger charge is -2.21. The van der Waals surface area contributed by atoms with E-state index in [1.807, 2.05) is 26.0 Å². The Bertz CT molecular complexity index is 403. The van der Waals surface area contributed by atoms with Crippen LogP contribution in [-0.2, 0) is 6.54 Å². The molecule has 0 N–H and O–H groups in total. The van der Waals surface area contributed by atoms with E-state index in [1.54, 1.807) is 7.11 Å². The molecule has 0 atom stereocenters. The number of benzene rings is 1. The van der Waals surface area contributed by atoms with Gasteiger partial charge in [-0.1, -0.05) is 12.1 Å². The third kappa shape index (κ3) is 4.77. The highest BCUT2D eigenvalue weighted by Crippen LogP contribution is 2.19. The Kier molecular flexibility index (Phi) is 5.18. The molecule has 1 aromatic rings. The summed E-state index contributed by atoms with van der Waals surface area (Å²) in [6.45, 7) is 5.78. The van der Waals surface area contributed by atoms with Crippen LogP contribution in [0.3, 0.4) is 0 Å². The molecular weight excluding hydrogens is 224 g/mol. The molecule has 0 spiro atoms. The van der Waals surface area contributed by atoms with E-state index in [1.165, 1.54) is 5.56 Å². The lowest BCUT2D eigenvalue weighted by molar-refractivity contribution is 0.280. The van der Waals surface area contributed by atoms with Gasteiger partial charge < -0.3 is 9.64 Å². The molecule has 0 saturated carbocycles.